The molecule has 0 unspecified atom stereocenters. The van der Waals surface area contributed by atoms with Gasteiger partial charge in [0.15, 0.2) is 5.69 Å². The summed E-state index contributed by atoms with van der Waals surface area (Å²) in [6.45, 7) is 0. The molecule has 0 saturated heterocycles. The van der Waals surface area contributed by atoms with Crippen LogP contribution in [-0.4, -0.2) is 14.8 Å². The minimum absolute atomic E-state index is 0.256. The van der Waals surface area contributed by atoms with Gasteiger partial charge >= 0.3 is 6.18 Å². The molecule has 0 fully saturated rings. The zero-order valence-corrected chi connectivity index (χ0v) is 7.36. The van der Waals surface area contributed by atoms with Crippen molar-refractivity contribution < 1.29 is 13.2 Å². The molecule has 77 valence electrons. The first kappa shape index (κ1) is 9.70. The Morgan fingerprint density at radius 3 is 2.73 bits per heavy atom. The number of rotatable bonds is 1. The predicted octanol–water partition coefficient (Wildman–Crippen LogP) is 2.09. The number of nitrogens with zero attached hydrogens (tertiary/aromatic N) is 3. The van der Waals surface area contributed by atoms with Crippen molar-refractivity contribution >= 4 is 0 Å². The molecule has 3 nitrogen and oxygen atoms in total. The molecule has 0 spiro atoms. The summed E-state index contributed by atoms with van der Waals surface area (Å²) in [5.74, 6) is 0. The van der Waals surface area contributed by atoms with Crippen LogP contribution in [0.4, 0.5) is 13.2 Å². The predicted molar refractivity (Wildman–Crippen MR) is 45.2 cm³/mol. The van der Waals surface area contributed by atoms with E-state index in [1.54, 1.807) is 0 Å². The van der Waals surface area contributed by atoms with Gasteiger partial charge in [0.2, 0.25) is 0 Å². The molecule has 2 rings (SSSR count). The third-order valence-corrected chi connectivity index (χ3v) is 1.75. The Labute approximate surface area is 83.2 Å². The van der Waals surface area contributed by atoms with Crippen LogP contribution in [0.3, 0.4) is 0 Å². The van der Waals surface area contributed by atoms with Crippen LogP contribution in [0.15, 0.2) is 30.7 Å². The van der Waals surface area contributed by atoms with Gasteiger partial charge in [0.25, 0.3) is 0 Å². The molecule has 2 aromatic rings. The maximum absolute atomic E-state index is 12.5. The second-order valence-corrected chi connectivity index (χ2v) is 2.76. The third kappa shape index (κ3) is 1.83. The van der Waals surface area contributed by atoms with Gasteiger partial charge in [-0.15, -0.1) is 0 Å². The Kier molecular flexibility index (Phi) is 2.18. The van der Waals surface area contributed by atoms with Crippen LogP contribution in [0.1, 0.15) is 5.69 Å². The standard InChI is InChI=1S/C9H5F3N3/c10-9(11,12)8-3-5-14-15(8)7-2-1-4-13-6-7/h1-2,4-6H. The molecule has 6 heteroatoms. The van der Waals surface area contributed by atoms with Crippen LogP contribution >= 0.6 is 0 Å². The van der Waals surface area contributed by atoms with E-state index < -0.39 is 11.9 Å². The Morgan fingerprint density at radius 2 is 2.13 bits per heavy atom. The van der Waals surface area contributed by atoms with E-state index in [2.05, 4.69) is 10.1 Å². The lowest BCUT2D eigenvalue weighted by Gasteiger charge is -2.08. The topological polar surface area (TPSA) is 30.7 Å². The number of hydrogen-bond acceptors (Lipinski definition) is 2. The van der Waals surface area contributed by atoms with E-state index in [1.807, 2.05) is 6.07 Å². The lowest BCUT2D eigenvalue weighted by atomic mass is 10.4. The quantitative estimate of drug-likeness (QED) is 0.724. The van der Waals surface area contributed by atoms with E-state index in [0.29, 0.717) is 0 Å². The van der Waals surface area contributed by atoms with E-state index in [-0.39, 0.29) is 5.69 Å². The van der Waals surface area contributed by atoms with E-state index in [0.717, 1.165) is 10.9 Å². The summed E-state index contributed by atoms with van der Waals surface area (Å²) in [4.78, 5) is 3.72. The summed E-state index contributed by atoms with van der Waals surface area (Å²) in [5, 5.41) is 3.55. The summed E-state index contributed by atoms with van der Waals surface area (Å²) in [7, 11) is 0. The Morgan fingerprint density at radius 1 is 1.33 bits per heavy atom. The van der Waals surface area contributed by atoms with Gasteiger partial charge < -0.3 is 0 Å². The van der Waals surface area contributed by atoms with Crippen LogP contribution in [-0.2, 0) is 6.18 Å². The Bertz CT molecular complexity index is 447. The number of pyridine rings is 1. The SMILES string of the molecule is FC(F)(F)c1[c]cnn1-c1cccnc1. The molecule has 0 aliphatic heterocycles. The Hall–Kier alpha value is -1.85. The number of hydrogen-bond donors (Lipinski definition) is 0. The maximum Gasteiger partial charge on any atom is 0.434 e. The average Bonchev–Trinajstić information content (AvgIpc) is 2.67. The summed E-state index contributed by atoms with van der Waals surface area (Å²) >= 11 is 0. The van der Waals surface area contributed by atoms with Crippen molar-refractivity contribution in [2.24, 2.45) is 0 Å². The molecule has 1 radical (unpaired) electrons. The number of halogens is 3. The molecule has 0 aromatic carbocycles. The van der Waals surface area contributed by atoms with Gasteiger partial charge in [0.05, 0.1) is 18.1 Å². The lowest BCUT2D eigenvalue weighted by molar-refractivity contribution is -0.143. The summed E-state index contributed by atoms with van der Waals surface area (Å²) < 4.78 is 38.1. The van der Waals surface area contributed by atoms with Crippen molar-refractivity contribution in [1.29, 1.82) is 0 Å². The summed E-state index contributed by atoms with van der Waals surface area (Å²) in [6, 6.07) is 5.07. The molecular formula is C9H5F3N3. The van der Waals surface area contributed by atoms with Gasteiger partial charge in [-0.3, -0.25) is 4.98 Å². The zero-order valence-electron chi connectivity index (χ0n) is 7.36. The van der Waals surface area contributed by atoms with E-state index in [1.165, 1.54) is 24.5 Å². The minimum atomic E-state index is -4.47. The average molecular weight is 212 g/mol. The van der Waals surface area contributed by atoms with Crippen LogP contribution in [0.25, 0.3) is 5.69 Å². The summed E-state index contributed by atoms with van der Waals surface area (Å²) in [6.07, 6.45) is -0.706. The second-order valence-electron chi connectivity index (χ2n) is 2.76. The third-order valence-electron chi connectivity index (χ3n) is 1.75. The van der Waals surface area contributed by atoms with Crippen LogP contribution in [0.2, 0.25) is 0 Å². The molecule has 0 aliphatic rings. The van der Waals surface area contributed by atoms with E-state index in [9.17, 15) is 13.2 Å². The van der Waals surface area contributed by atoms with Crippen LogP contribution < -0.4 is 0 Å². The molecule has 0 bridgehead atoms. The number of aromatic nitrogens is 3. The fraction of sp³-hybridized carbons (Fsp3) is 0.111. The van der Waals surface area contributed by atoms with Crippen molar-refractivity contribution in [2.75, 3.05) is 0 Å². The van der Waals surface area contributed by atoms with Gasteiger partial charge in [-0.05, 0) is 12.1 Å². The van der Waals surface area contributed by atoms with E-state index >= 15 is 0 Å². The van der Waals surface area contributed by atoms with Gasteiger partial charge in [-0.1, -0.05) is 0 Å². The fourth-order valence-corrected chi connectivity index (χ4v) is 1.14. The molecule has 0 saturated carbocycles. The van der Waals surface area contributed by atoms with Crippen molar-refractivity contribution in [1.82, 2.24) is 14.8 Å². The Balaban J connectivity index is 2.51. The first-order valence-electron chi connectivity index (χ1n) is 4.02. The highest BCUT2D eigenvalue weighted by Crippen LogP contribution is 2.29. The van der Waals surface area contributed by atoms with Gasteiger partial charge in [0, 0.05) is 12.3 Å². The number of alkyl halides is 3. The minimum Gasteiger partial charge on any atom is -0.262 e. The molecule has 15 heavy (non-hydrogen) atoms. The van der Waals surface area contributed by atoms with Crippen molar-refractivity contribution in [3.8, 4) is 5.69 Å². The molecule has 2 heterocycles. The van der Waals surface area contributed by atoms with Crippen molar-refractivity contribution in [3.05, 3.63) is 42.5 Å². The zero-order chi connectivity index (χ0) is 10.9. The maximum atomic E-state index is 12.5. The second kappa shape index (κ2) is 3.38. The fourth-order valence-electron chi connectivity index (χ4n) is 1.14. The van der Waals surface area contributed by atoms with E-state index in [4.69, 9.17) is 0 Å². The molecular weight excluding hydrogens is 207 g/mol. The lowest BCUT2D eigenvalue weighted by Crippen LogP contribution is -2.13. The molecule has 0 aliphatic carbocycles. The largest absolute Gasteiger partial charge is 0.434 e. The summed E-state index contributed by atoms with van der Waals surface area (Å²) in [5.41, 5.74) is -0.679. The monoisotopic (exact) mass is 212 g/mol. The molecule has 2 aromatic heterocycles. The highest BCUT2D eigenvalue weighted by atomic mass is 19.4. The smallest absolute Gasteiger partial charge is 0.262 e. The van der Waals surface area contributed by atoms with Gasteiger partial charge in [-0.25, -0.2) is 4.68 Å². The molecule has 0 atom stereocenters. The first-order valence-corrected chi connectivity index (χ1v) is 4.02. The van der Waals surface area contributed by atoms with Crippen LogP contribution in [0, 0.1) is 6.07 Å². The highest BCUT2D eigenvalue weighted by Gasteiger charge is 2.35. The molecule has 0 amide bonds. The van der Waals surface area contributed by atoms with Gasteiger partial charge in [-0.2, -0.15) is 18.3 Å². The van der Waals surface area contributed by atoms with Crippen molar-refractivity contribution in [2.45, 2.75) is 6.18 Å². The molecule has 0 N–H and O–H groups in total. The normalized spacial score (nSPS) is 11.7. The first-order chi connectivity index (χ1) is 7.09. The highest BCUT2D eigenvalue weighted by molar-refractivity contribution is 5.29. The van der Waals surface area contributed by atoms with Crippen molar-refractivity contribution in [3.63, 3.8) is 0 Å². The van der Waals surface area contributed by atoms with Crippen LogP contribution in [0.5, 0.6) is 0 Å². The van der Waals surface area contributed by atoms with Gasteiger partial charge in [0.1, 0.15) is 0 Å².